The molecular weight excluding hydrogens is 440 g/mol. The van der Waals surface area contributed by atoms with Crippen molar-refractivity contribution in [2.45, 2.75) is 38.5 Å². The minimum absolute atomic E-state index is 0.138. The van der Waals surface area contributed by atoms with Gasteiger partial charge in [0.15, 0.2) is 11.0 Å². The molecule has 0 radical (unpaired) electrons. The Kier molecular flexibility index (Phi) is 8.88. The second-order valence-corrected chi connectivity index (χ2v) is 8.34. The van der Waals surface area contributed by atoms with Crippen LogP contribution >= 0.6 is 11.8 Å². The molecule has 1 heterocycles. The van der Waals surface area contributed by atoms with Gasteiger partial charge in [0.2, 0.25) is 5.91 Å². The van der Waals surface area contributed by atoms with Gasteiger partial charge in [-0.15, -0.1) is 10.2 Å². The van der Waals surface area contributed by atoms with Gasteiger partial charge in [-0.3, -0.25) is 14.2 Å². The molecule has 0 aliphatic carbocycles. The molecule has 0 fully saturated rings. The number of thioether (sulfide) groups is 1. The monoisotopic (exact) mass is 468 g/mol. The highest BCUT2D eigenvalue weighted by Gasteiger charge is 2.17. The van der Waals surface area contributed by atoms with Crippen LogP contribution in [-0.4, -0.2) is 46.0 Å². The molecule has 0 atom stereocenters. The van der Waals surface area contributed by atoms with E-state index in [9.17, 15) is 9.59 Å². The SMILES string of the molecule is COC(=O)CCCNC(=O)CSc1nnc(COc2c(C)cccc2C)n1-c1ccccc1. The van der Waals surface area contributed by atoms with Crippen LogP contribution in [0, 0.1) is 13.8 Å². The molecule has 1 aromatic heterocycles. The molecule has 0 saturated carbocycles. The molecule has 1 N–H and O–H groups in total. The Hall–Kier alpha value is -3.33. The molecular formula is C24H28N4O4S. The predicted molar refractivity (Wildman–Crippen MR) is 127 cm³/mol. The van der Waals surface area contributed by atoms with Gasteiger partial charge in [-0.25, -0.2) is 0 Å². The van der Waals surface area contributed by atoms with Crippen LogP contribution in [0.3, 0.4) is 0 Å². The van der Waals surface area contributed by atoms with Gasteiger partial charge in [-0.1, -0.05) is 48.2 Å². The molecule has 2 aromatic carbocycles. The number of carbonyl (C=O) groups excluding carboxylic acids is 2. The lowest BCUT2D eigenvalue weighted by molar-refractivity contribution is -0.140. The molecule has 1 amide bonds. The first kappa shape index (κ1) is 24.3. The number of esters is 1. The Balaban J connectivity index is 1.67. The van der Waals surface area contributed by atoms with Crippen LogP contribution in [0.4, 0.5) is 0 Å². The normalized spacial score (nSPS) is 10.6. The molecule has 0 aliphatic heterocycles. The number of aromatic nitrogens is 3. The number of amides is 1. The molecule has 3 aromatic rings. The summed E-state index contributed by atoms with van der Waals surface area (Å²) in [5, 5.41) is 12.1. The Morgan fingerprint density at radius 2 is 1.76 bits per heavy atom. The van der Waals surface area contributed by atoms with Crippen LogP contribution in [0.2, 0.25) is 0 Å². The van der Waals surface area contributed by atoms with E-state index in [2.05, 4.69) is 20.3 Å². The first-order valence-corrected chi connectivity index (χ1v) is 11.6. The van der Waals surface area contributed by atoms with E-state index < -0.39 is 0 Å². The molecule has 0 unspecified atom stereocenters. The largest absolute Gasteiger partial charge is 0.485 e. The fourth-order valence-corrected chi connectivity index (χ4v) is 4.03. The van der Waals surface area contributed by atoms with Crippen molar-refractivity contribution in [3.05, 3.63) is 65.5 Å². The number of aryl methyl sites for hydroxylation is 2. The fourth-order valence-electron chi connectivity index (χ4n) is 3.23. The maximum atomic E-state index is 12.2. The highest BCUT2D eigenvalue weighted by Crippen LogP contribution is 2.26. The van der Waals surface area contributed by atoms with E-state index in [1.165, 1.54) is 18.9 Å². The number of nitrogens with zero attached hydrogens (tertiary/aromatic N) is 3. The lowest BCUT2D eigenvalue weighted by Gasteiger charge is -2.13. The lowest BCUT2D eigenvalue weighted by Crippen LogP contribution is -2.26. The third kappa shape index (κ3) is 6.82. The molecule has 174 valence electrons. The average Bonchev–Trinajstić information content (AvgIpc) is 3.23. The van der Waals surface area contributed by atoms with Gasteiger partial charge in [0, 0.05) is 18.7 Å². The lowest BCUT2D eigenvalue weighted by atomic mass is 10.1. The van der Waals surface area contributed by atoms with Gasteiger partial charge in [0.1, 0.15) is 12.4 Å². The molecule has 0 aliphatic rings. The van der Waals surface area contributed by atoms with E-state index in [1.807, 2.05) is 66.9 Å². The summed E-state index contributed by atoms with van der Waals surface area (Å²) in [6.07, 6.45) is 0.805. The topological polar surface area (TPSA) is 95.3 Å². The van der Waals surface area contributed by atoms with E-state index in [1.54, 1.807) is 0 Å². The second kappa shape index (κ2) is 12.1. The maximum absolute atomic E-state index is 12.2. The number of para-hydroxylation sites is 2. The van der Waals surface area contributed by atoms with Crippen molar-refractivity contribution in [2.24, 2.45) is 0 Å². The summed E-state index contributed by atoms with van der Waals surface area (Å²) >= 11 is 1.30. The molecule has 0 bridgehead atoms. The molecule has 9 heteroatoms. The fraction of sp³-hybridized carbons (Fsp3) is 0.333. The number of hydrogen-bond donors (Lipinski definition) is 1. The Labute approximate surface area is 197 Å². The van der Waals surface area contributed by atoms with Crippen LogP contribution < -0.4 is 10.1 Å². The zero-order valence-electron chi connectivity index (χ0n) is 19.0. The number of nitrogens with one attached hydrogen (secondary N) is 1. The van der Waals surface area contributed by atoms with Crippen LogP contribution in [0.1, 0.15) is 29.8 Å². The van der Waals surface area contributed by atoms with Gasteiger partial charge in [-0.2, -0.15) is 0 Å². The number of ether oxygens (including phenoxy) is 2. The standard InChI is InChI=1S/C24H28N4O4S/c1-17-9-7-10-18(2)23(17)32-15-20-26-27-24(28(20)19-11-5-4-6-12-19)33-16-21(29)25-14-8-13-22(30)31-3/h4-7,9-12H,8,13-16H2,1-3H3,(H,25,29). The summed E-state index contributed by atoms with van der Waals surface area (Å²) in [5.41, 5.74) is 3.00. The molecule has 8 nitrogen and oxygen atoms in total. The van der Waals surface area contributed by atoms with Crippen molar-refractivity contribution < 1.29 is 19.1 Å². The summed E-state index contributed by atoms with van der Waals surface area (Å²) < 4.78 is 12.6. The van der Waals surface area contributed by atoms with Crippen molar-refractivity contribution in [3.8, 4) is 11.4 Å². The number of benzene rings is 2. The summed E-state index contributed by atoms with van der Waals surface area (Å²) in [6.45, 7) is 4.67. The van der Waals surface area contributed by atoms with E-state index >= 15 is 0 Å². The first-order chi connectivity index (χ1) is 16.0. The third-order valence-electron chi connectivity index (χ3n) is 4.91. The number of hydrogen-bond acceptors (Lipinski definition) is 7. The molecule has 0 saturated heterocycles. The van der Waals surface area contributed by atoms with Crippen LogP contribution in [0.5, 0.6) is 5.75 Å². The summed E-state index contributed by atoms with van der Waals surface area (Å²) in [7, 11) is 1.35. The maximum Gasteiger partial charge on any atom is 0.305 e. The van der Waals surface area contributed by atoms with Crippen molar-refractivity contribution in [1.29, 1.82) is 0 Å². The Morgan fingerprint density at radius 1 is 1.03 bits per heavy atom. The predicted octanol–water partition coefficient (Wildman–Crippen LogP) is 3.62. The smallest absolute Gasteiger partial charge is 0.305 e. The van der Waals surface area contributed by atoms with E-state index in [0.717, 1.165) is 22.6 Å². The van der Waals surface area contributed by atoms with Crippen molar-refractivity contribution in [2.75, 3.05) is 19.4 Å². The number of rotatable bonds is 11. The zero-order chi connectivity index (χ0) is 23.6. The summed E-state index contributed by atoms with van der Waals surface area (Å²) in [6, 6.07) is 15.8. The first-order valence-electron chi connectivity index (χ1n) is 10.6. The Morgan fingerprint density at radius 3 is 2.45 bits per heavy atom. The van der Waals surface area contributed by atoms with Crippen LogP contribution in [0.15, 0.2) is 53.7 Å². The zero-order valence-corrected chi connectivity index (χ0v) is 19.9. The van der Waals surface area contributed by atoms with Crippen LogP contribution in [-0.2, 0) is 20.9 Å². The second-order valence-electron chi connectivity index (χ2n) is 7.40. The van der Waals surface area contributed by atoms with Gasteiger partial charge >= 0.3 is 5.97 Å². The minimum atomic E-state index is -0.287. The summed E-state index contributed by atoms with van der Waals surface area (Å²) in [4.78, 5) is 23.4. The average molecular weight is 469 g/mol. The summed E-state index contributed by atoms with van der Waals surface area (Å²) in [5.74, 6) is 1.23. The quantitative estimate of drug-likeness (QED) is 0.261. The Bertz CT molecular complexity index is 1070. The van der Waals surface area contributed by atoms with E-state index in [0.29, 0.717) is 23.9 Å². The van der Waals surface area contributed by atoms with Crippen LogP contribution in [0.25, 0.3) is 5.69 Å². The molecule has 33 heavy (non-hydrogen) atoms. The molecule has 0 spiro atoms. The van der Waals surface area contributed by atoms with Crippen molar-refractivity contribution >= 4 is 23.6 Å². The van der Waals surface area contributed by atoms with Gasteiger partial charge in [0.25, 0.3) is 0 Å². The number of methoxy groups -OCH3 is 1. The van der Waals surface area contributed by atoms with Crippen molar-refractivity contribution in [3.63, 3.8) is 0 Å². The van der Waals surface area contributed by atoms with E-state index in [4.69, 9.17) is 4.74 Å². The highest BCUT2D eigenvalue weighted by molar-refractivity contribution is 7.99. The highest BCUT2D eigenvalue weighted by atomic mass is 32.2. The third-order valence-corrected chi connectivity index (χ3v) is 5.84. The number of carbonyl (C=O) groups is 2. The minimum Gasteiger partial charge on any atom is -0.485 e. The van der Waals surface area contributed by atoms with Gasteiger partial charge < -0.3 is 14.8 Å². The van der Waals surface area contributed by atoms with Gasteiger partial charge in [-0.05, 0) is 43.5 Å². The van der Waals surface area contributed by atoms with Crippen molar-refractivity contribution in [1.82, 2.24) is 20.1 Å². The van der Waals surface area contributed by atoms with E-state index in [-0.39, 0.29) is 30.7 Å². The van der Waals surface area contributed by atoms with Gasteiger partial charge in [0.05, 0.1) is 12.9 Å². The molecule has 3 rings (SSSR count).